The van der Waals surface area contributed by atoms with Crippen LogP contribution in [0.5, 0.6) is 0 Å². The quantitative estimate of drug-likeness (QED) is 0.320. The van der Waals surface area contributed by atoms with Crippen molar-refractivity contribution >= 4 is 34.9 Å². The van der Waals surface area contributed by atoms with Crippen molar-refractivity contribution in [3.8, 4) is 0 Å². The second-order valence-electron chi connectivity index (χ2n) is 5.98. The van der Waals surface area contributed by atoms with E-state index in [1.165, 1.54) is 49.9 Å². The predicted molar refractivity (Wildman–Crippen MR) is 105 cm³/mol. The molecule has 2 rings (SSSR count). The molecule has 1 aromatic rings. The van der Waals surface area contributed by atoms with Crippen molar-refractivity contribution in [3.05, 3.63) is 40.1 Å². The smallest absolute Gasteiger partial charge is 0.404 e. The first kappa shape index (κ1) is 20.7. The average molecular weight is 397 g/mol. The van der Waals surface area contributed by atoms with Gasteiger partial charge in [-0.15, -0.1) is 0 Å². The molecule has 5 nitrogen and oxygen atoms in total. The number of carbonyl (C=O) groups is 2. The van der Waals surface area contributed by atoms with E-state index >= 15 is 0 Å². The molecule has 0 spiro atoms. The van der Waals surface area contributed by atoms with Gasteiger partial charge in [0.1, 0.15) is 5.76 Å². The number of carbonyl (C=O) groups excluding carboxylic acids is 2. The third kappa shape index (κ3) is 6.61. The van der Waals surface area contributed by atoms with Crippen LogP contribution in [0.25, 0.3) is 0 Å². The zero-order valence-electron chi connectivity index (χ0n) is 15.3. The number of thiazole rings is 1. The van der Waals surface area contributed by atoms with Gasteiger partial charge in [-0.1, -0.05) is 43.6 Å². The number of Topliss-reactive ketones (excluding diaryl/α,β-unsaturated/α-hetero) is 1. The molecule has 0 aliphatic heterocycles. The number of esters is 1. The summed E-state index contributed by atoms with van der Waals surface area (Å²) in [6, 6.07) is 0. The van der Waals surface area contributed by atoms with Gasteiger partial charge in [0.25, 0.3) is 5.78 Å². The number of hydrogen-bond acceptors (Lipinski definition) is 6. The second kappa shape index (κ2) is 11.2. The fourth-order valence-electron chi connectivity index (χ4n) is 2.43. The molecule has 1 heterocycles. The summed E-state index contributed by atoms with van der Waals surface area (Å²) >= 11 is 3.15. The maximum absolute atomic E-state index is 12.2. The Morgan fingerprint density at radius 2 is 2.19 bits per heavy atom. The largest absolute Gasteiger partial charge is 0.485 e. The second-order valence-corrected chi connectivity index (χ2v) is 8.20. The Bertz CT molecular complexity index is 666. The van der Waals surface area contributed by atoms with E-state index in [0.29, 0.717) is 10.3 Å². The van der Waals surface area contributed by atoms with Gasteiger partial charge >= 0.3 is 16.7 Å². The Balaban J connectivity index is 1.70. The Kier molecular flexibility index (Phi) is 8.91. The minimum absolute atomic E-state index is 0.0529. The van der Waals surface area contributed by atoms with Crippen molar-refractivity contribution in [1.82, 2.24) is 0 Å². The molecule has 0 saturated carbocycles. The molecular weight excluding hydrogens is 370 g/mol. The Morgan fingerprint density at radius 3 is 2.88 bits per heavy atom. The maximum atomic E-state index is 12.2. The van der Waals surface area contributed by atoms with Crippen LogP contribution < -0.4 is 4.98 Å². The average Bonchev–Trinajstić information content (AvgIpc) is 3.16. The molecule has 142 valence electrons. The summed E-state index contributed by atoms with van der Waals surface area (Å²) in [4.78, 5) is 26.3. The highest BCUT2D eigenvalue weighted by atomic mass is 32.2. The van der Waals surface area contributed by atoms with Crippen LogP contribution in [0.3, 0.4) is 0 Å². The first-order chi connectivity index (χ1) is 12.6. The van der Waals surface area contributed by atoms with Crippen molar-refractivity contribution < 1.29 is 24.0 Å². The molecule has 1 aliphatic carbocycles. The van der Waals surface area contributed by atoms with Crippen LogP contribution >= 0.6 is 23.1 Å². The van der Waals surface area contributed by atoms with Crippen LogP contribution in [0.15, 0.2) is 29.4 Å². The molecule has 0 saturated heterocycles. The van der Waals surface area contributed by atoms with Crippen molar-refractivity contribution in [2.24, 2.45) is 0 Å². The molecule has 0 amide bonds. The monoisotopic (exact) mass is 396 g/mol. The highest BCUT2D eigenvalue weighted by Crippen LogP contribution is 2.24. The molecule has 1 aromatic heterocycles. The number of methoxy groups -OCH3 is 1. The number of aromatic amines is 1. The van der Waals surface area contributed by atoms with Gasteiger partial charge in [-0.3, -0.25) is 4.79 Å². The predicted octanol–water partition coefficient (Wildman–Crippen LogP) is 4.07. The molecule has 7 heteroatoms. The number of unbranched alkanes of at least 4 members (excludes halogenated alkanes) is 3. The number of allylic oxidation sites excluding steroid dienone is 2. The van der Waals surface area contributed by atoms with Gasteiger partial charge in [0, 0.05) is 5.25 Å². The molecule has 0 aromatic carbocycles. The summed E-state index contributed by atoms with van der Waals surface area (Å²) in [5.74, 6) is 1.24. The van der Waals surface area contributed by atoms with Crippen LogP contribution in [-0.4, -0.2) is 36.5 Å². The van der Waals surface area contributed by atoms with E-state index in [0.717, 1.165) is 12.2 Å². The van der Waals surface area contributed by atoms with E-state index in [1.54, 1.807) is 5.38 Å². The van der Waals surface area contributed by atoms with Gasteiger partial charge in [0.15, 0.2) is 6.61 Å². The number of rotatable bonds is 11. The summed E-state index contributed by atoms with van der Waals surface area (Å²) < 4.78 is 10.2. The molecule has 1 atom stereocenters. The summed E-state index contributed by atoms with van der Waals surface area (Å²) in [7, 11) is 1.30. The van der Waals surface area contributed by atoms with E-state index in [9.17, 15) is 9.59 Å². The molecule has 1 N–H and O–H groups in total. The lowest BCUT2D eigenvalue weighted by Crippen LogP contribution is -2.22. The lowest BCUT2D eigenvalue weighted by atomic mass is 10.2. The zero-order valence-corrected chi connectivity index (χ0v) is 16.9. The van der Waals surface area contributed by atoms with Crippen molar-refractivity contribution in [2.45, 2.75) is 44.3 Å². The number of thioether (sulfide) groups is 1. The van der Waals surface area contributed by atoms with Crippen LogP contribution in [0.1, 0.15) is 59.3 Å². The summed E-state index contributed by atoms with van der Waals surface area (Å²) in [6.07, 6.45) is 12.2. The van der Waals surface area contributed by atoms with Crippen LogP contribution in [0.4, 0.5) is 0 Å². The van der Waals surface area contributed by atoms with Gasteiger partial charge in [-0.2, -0.15) is 16.7 Å². The third-order valence-corrected chi connectivity index (χ3v) is 6.15. The van der Waals surface area contributed by atoms with E-state index in [1.807, 2.05) is 23.9 Å². The van der Waals surface area contributed by atoms with Crippen LogP contribution in [-0.2, 0) is 9.47 Å². The first-order valence-electron chi connectivity index (χ1n) is 8.89. The van der Waals surface area contributed by atoms with Gasteiger partial charge in [-0.25, -0.2) is 4.79 Å². The first-order valence-corrected chi connectivity index (χ1v) is 10.8. The molecule has 0 bridgehead atoms. The zero-order chi connectivity index (χ0) is 18.8. The molecule has 26 heavy (non-hydrogen) atoms. The van der Waals surface area contributed by atoms with Gasteiger partial charge in [-0.05, 0) is 30.7 Å². The molecule has 1 unspecified atom stereocenters. The summed E-state index contributed by atoms with van der Waals surface area (Å²) in [6.45, 7) is 2.17. The van der Waals surface area contributed by atoms with Gasteiger partial charge in [0.2, 0.25) is 0 Å². The number of hydrogen-bond donors (Lipinski definition) is 0. The number of nitrogens with one attached hydrogen (secondary N) is 1. The molecule has 1 aliphatic rings. The Morgan fingerprint density at radius 1 is 1.35 bits per heavy atom. The normalized spacial score (nSPS) is 16.2. The Labute approximate surface area is 162 Å². The molecule has 0 radical (unpaired) electrons. The van der Waals surface area contributed by atoms with Crippen LogP contribution in [0.2, 0.25) is 0 Å². The minimum Gasteiger partial charge on any atom is -0.485 e. The number of H-pyrrole nitrogens is 1. The van der Waals surface area contributed by atoms with Crippen molar-refractivity contribution in [3.63, 3.8) is 0 Å². The molecule has 0 fully saturated rings. The maximum Gasteiger partial charge on any atom is 0.404 e. The third-order valence-electron chi connectivity index (χ3n) is 3.93. The summed E-state index contributed by atoms with van der Waals surface area (Å²) in [5, 5.41) is 2.44. The van der Waals surface area contributed by atoms with Gasteiger partial charge in [0.05, 0.1) is 12.5 Å². The minimum atomic E-state index is -0.489. The van der Waals surface area contributed by atoms with E-state index in [4.69, 9.17) is 4.74 Å². The SMILES string of the molecule is CCCCCCSC1C=CC(OCC(=O)c2[nH+]c(C(=O)OC)cs2)=CC1. The number of aromatic nitrogens is 1. The lowest BCUT2D eigenvalue weighted by Gasteiger charge is -2.16. The highest BCUT2D eigenvalue weighted by Gasteiger charge is 2.23. The topological polar surface area (TPSA) is 66.7 Å². The lowest BCUT2D eigenvalue weighted by molar-refractivity contribution is -0.380. The summed E-state index contributed by atoms with van der Waals surface area (Å²) in [5.41, 5.74) is 0.274. The van der Waals surface area contributed by atoms with Crippen molar-refractivity contribution in [1.29, 1.82) is 0 Å². The number of ether oxygens (including phenoxy) is 2. The highest BCUT2D eigenvalue weighted by molar-refractivity contribution is 8.00. The number of ketones is 1. The fourth-order valence-corrected chi connectivity index (χ4v) is 4.28. The Hall–Kier alpha value is -1.60. The van der Waals surface area contributed by atoms with E-state index in [-0.39, 0.29) is 18.1 Å². The van der Waals surface area contributed by atoms with E-state index < -0.39 is 5.97 Å². The standard InChI is InChI=1S/C19H25NO4S2/c1-3-4-5-6-11-25-15-9-7-14(8-10-15)24-12-17(21)18-20-16(13-26-18)19(22)23-2/h7-9,13,15H,3-6,10-12H2,1-2H3/p+1. The molecular formula is C19H26NO4S2+. The van der Waals surface area contributed by atoms with Crippen LogP contribution in [0, 0.1) is 0 Å². The fraction of sp³-hybridized carbons (Fsp3) is 0.526. The van der Waals surface area contributed by atoms with E-state index in [2.05, 4.69) is 22.7 Å². The van der Waals surface area contributed by atoms with Gasteiger partial charge < -0.3 is 9.47 Å². The van der Waals surface area contributed by atoms with Crippen molar-refractivity contribution in [2.75, 3.05) is 19.5 Å².